The zero-order valence-corrected chi connectivity index (χ0v) is 16.1. The van der Waals surface area contributed by atoms with Crippen LogP contribution in [0.25, 0.3) is 0 Å². The predicted molar refractivity (Wildman–Crippen MR) is 96.8 cm³/mol. The third-order valence-corrected chi connectivity index (χ3v) is 6.38. The van der Waals surface area contributed by atoms with Gasteiger partial charge in [-0.25, -0.2) is 8.42 Å². The summed E-state index contributed by atoms with van der Waals surface area (Å²) in [6.45, 7) is 2.08. The predicted octanol–water partition coefficient (Wildman–Crippen LogP) is 4.28. The molecule has 0 amide bonds. The highest BCUT2D eigenvalue weighted by Gasteiger charge is 2.32. The standard InChI is InChI=1S/C19H22F3NO3S/c1-14(16-5-4-6-17(13-16)19(20,21)22)23(2)27(24,25)18-9-7-15(8-10-18)11-12-26-3/h4-10,13-14H,11-12H2,1-3H3. The maximum absolute atomic E-state index is 12.9. The van der Waals surface area contributed by atoms with Gasteiger partial charge >= 0.3 is 6.18 Å². The molecule has 1 atom stereocenters. The van der Waals surface area contributed by atoms with E-state index in [1.54, 1.807) is 26.2 Å². The molecule has 148 valence electrons. The Morgan fingerprint density at radius 3 is 2.30 bits per heavy atom. The number of nitrogens with zero attached hydrogens (tertiary/aromatic N) is 1. The van der Waals surface area contributed by atoms with Gasteiger partial charge in [-0.2, -0.15) is 17.5 Å². The van der Waals surface area contributed by atoms with Gasteiger partial charge in [0.15, 0.2) is 0 Å². The van der Waals surface area contributed by atoms with Crippen molar-refractivity contribution in [3.63, 3.8) is 0 Å². The second-order valence-electron chi connectivity index (χ2n) is 6.21. The molecule has 0 radical (unpaired) electrons. The first-order valence-corrected chi connectivity index (χ1v) is 9.74. The van der Waals surface area contributed by atoms with Crippen LogP contribution in [0.3, 0.4) is 0 Å². The summed E-state index contributed by atoms with van der Waals surface area (Å²) in [5, 5.41) is 0. The fourth-order valence-corrected chi connectivity index (χ4v) is 3.96. The van der Waals surface area contributed by atoms with Gasteiger partial charge in [-0.1, -0.05) is 24.3 Å². The molecule has 4 nitrogen and oxygen atoms in total. The highest BCUT2D eigenvalue weighted by atomic mass is 32.2. The van der Waals surface area contributed by atoms with E-state index in [2.05, 4.69) is 0 Å². The van der Waals surface area contributed by atoms with E-state index in [4.69, 9.17) is 4.74 Å². The summed E-state index contributed by atoms with van der Waals surface area (Å²) in [5.41, 5.74) is 0.400. The lowest BCUT2D eigenvalue weighted by Gasteiger charge is -2.25. The average molecular weight is 401 g/mol. The van der Waals surface area contributed by atoms with Gasteiger partial charge in [0.1, 0.15) is 0 Å². The van der Waals surface area contributed by atoms with Gasteiger partial charge in [0, 0.05) is 20.2 Å². The van der Waals surface area contributed by atoms with Gasteiger partial charge in [0.05, 0.1) is 17.1 Å². The van der Waals surface area contributed by atoms with Crippen molar-refractivity contribution in [3.05, 3.63) is 65.2 Å². The lowest BCUT2D eigenvalue weighted by molar-refractivity contribution is -0.137. The first-order valence-electron chi connectivity index (χ1n) is 8.30. The first-order chi connectivity index (χ1) is 12.6. The third kappa shape index (κ3) is 5.09. The minimum Gasteiger partial charge on any atom is -0.384 e. The van der Waals surface area contributed by atoms with Crippen molar-refractivity contribution in [2.75, 3.05) is 20.8 Å². The monoisotopic (exact) mass is 401 g/mol. The third-order valence-electron chi connectivity index (χ3n) is 4.44. The fraction of sp³-hybridized carbons (Fsp3) is 0.368. The molecule has 27 heavy (non-hydrogen) atoms. The number of methoxy groups -OCH3 is 1. The van der Waals surface area contributed by atoms with E-state index in [9.17, 15) is 21.6 Å². The Morgan fingerprint density at radius 1 is 1.11 bits per heavy atom. The summed E-state index contributed by atoms with van der Waals surface area (Å²) in [6, 6.07) is 10.3. The van der Waals surface area contributed by atoms with Gasteiger partial charge < -0.3 is 4.74 Å². The summed E-state index contributed by atoms with van der Waals surface area (Å²) in [6.07, 6.45) is -3.82. The number of sulfonamides is 1. The Bertz CT molecular complexity index is 865. The van der Waals surface area contributed by atoms with Crippen LogP contribution < -0.4 is 0 Å². The molecule has 0 aliphatic heterocycles. The molecule has 1 unspecified atom stereocenters. The Kier molecular flexibility index (Phi) is 6.67. The van der Waals surface area contributed by atoms with E-state index < -0.39 is 27.8 Å². The van der Waals surface area contributed by atoms with Gasteiger partial charge in [-0.05, 0) is 48.7 Å². The summed E-state index contributed by atoms with van der Waals surface area (Å²) in [5.74, 6) is 0. The van der Waals surface area contributed by atoms with Crippen molar-refractivity contribution < 1.29 is 26.3 Å². The molecule has 2 rings (SSSR count). The molecular formula is C19H22F3NO3S. The Balaban J connectivity index is 2.26. The molecule has 0 aliphatic carbocycles. The van der Waals surface area contributed by atoms with E-state index in [0.717, 1.165) is 22.0 Å². The maximum atomic E-state index is 12.9. The van der Waals surface area contributed by atoms with Crippen LogP contribution in [0.1, 0.15) is 29.7 Å². The Hall–Kier alpha value is -1.90. The lowest BCUT2D eigenvalue weighted by atomic mass is 10.1. The van der Waals surface area contributed by atoms with Gasteiger partial charge in [-0.3, -0.25) is 0 Å². The first kappa shape index (κ1) is 21.4. The highest BCUT2D eigenvalue weighted by Crippen LogP contribution is 2.32. The van der Waals surface area contributed by atoms with Gasteiger partial charge in [0.25, 0.3) is 0 Å². The number of rotatable bonds is 7. The second-order valence-corrected chi connectivity index (χ2v) is 8.20. The zero-order chi connectivity index (χ0) is 20.2. The Labute approximate surface area is 157 Å². The molecule has 0 N–H and O–H groups in total. The van der Waals surface area contributed by atoms with E-state index in [-0.39, 0.29) is 10.5 Å². The number of benzene rings is 2. The minimum absolute atomic E-state index is 0.0880. The van der Waals surface area contributed by atoms with Crippen molar-refractivity contribution in [1.29, 1.82) is 0 Å². The Morgan fingerprint density at radius 2 is 1.74 bits per heavy atom. The van der Waals surface area contributed by atoms with Gasteiger partial charge in [0.2, 0.25) is 10.0 Å². The van der Waals surface area contributed by atoms with E-state index in [1.165, 1.54) is 31.3 Å². The lowest BCUT2D eigenvalue weighted by Crippen LogP contribution is -2.30. The van der Waals surface area contributed by atoms with Crippen molar-refractivity contribution in [2.45, 2.75) is 30.5 Å². The molecule has 2 aromatic rings. The van der Waals surface area contributed by atoms with Crippen molar-refractivity contribution in [2.24, 2.45) is 0 Å². The second kappa shape index (κ2) is 8.41. The minimum atomic E-state index is -4.48. The number of hydrogen-bond donors (Lipinski definition) is 0. The van der Waals surface area contributed by atoms with Crippen LogP contribution in [0.5, 0.6) is 0 Å². The van der Waals surface area contributed by atoms with Crippen LogP contribution in [0.15, 0.2) is 53.4 Å². The van der Waals surface area contributed by atoms with Crippen LogP contribution in [0.2, 0.25) is 0 Å². The molecule has 0 aliphatic rings. The summed E-state index contributed by atoms with van der Waals surface area (Å²) in [7, 11) is -0.905. The SMILES string of the molecule is COCCc1ccc(S(=O)(=O)N(C)C(C)c2cccc(C(F)(F)F)c2)cc1. The number of ether oxygens (including phenoxy) is 1. The zero-order valence-electron chi connectivity index (χ0n) is 15.3. The molecule has 0 fully saturated rings. The van der Waals surface area contributed by atoms with Crippen LogP contribution in [-0.4, -0.2) is 33.5 Å². The molecular weight excluding hydrogens is 379 g/mol. The highest BCUT2D eigenvalue weighted by molar-refractivity contribution is 7.89. The molecule has 0 bridgehead atoms. The summed E-state index contributed by atoms with van der Waals surface area (Å²) in [4.78, 5) is 0.0880. The molecule has 2 aromatic carbocycles. The quantitative estimate of drug-likeness (QED) is 0.696. The average Bonchev–Trinajstić information content (AvgIpc) is 2.65. The molecule has 0 saturated heterocycles. The van der Waals surface area contributed by atoms with Crippen LogP contribution >= 0.6 is 0 Å². The van der Waals surface area contributed by atoms with E-state index >= 15 is 0 Å². The number of alkyl halides is 3. The summed E-state index contributed by atoms with van der Waals surface area (Å²) < 4.78 is 70.5. The number of halogens is 3. The molecule has 8 heteroatoms. The normalized spacial score (nSPS) is 13.7. The van der Waals surface area contributed by atoms with E-state index in [0.29, 0.717) is 13.0 Å². The maximum Gasteiger partial charge on any atom is 0.416 e. The molecule has 0 spiro atoms. The van der Waals surface area contributed by atoms with Crippen molar-refractivity contribution >= 4 is 10.0 Å². The van der Waals surface area contributed by atoms with Crippen molar-refractivity contribution in [3.8, 4) is 0 Å². The molecule has 0 heterocycles. The number of hydrogen-bond acceptors (Lipinski definition) is 3. The smallest absolute Gasteiger partial charge is 0.384 e. The molecule has 0 aromatic heterocycles. The van der Waals surface area contributed by atoms with Gasteiger partial charge in [-0.15, -0.1) is 0 Å². The largest absolute Gasteiger partial charge is 0.416 e. The topological polar surface area (TPSA) is 46.6 Å². The van der Waals surface area contributed by atoms with Crippen LogP contribution in [0, 0.1) is 0 Å². The van der Waals surface area contributed by atoms with E-state index in [1.807, 2.05) is 0 Å². The van der Waals surface area contributed by atoms with Crippen molar-refractivity contribution in [1.82, 2.24) is 4.31 Å². The molecule has 0 saturated carbocycles. The summed E-state index contributed by atoms with van der Waals surface area (Å²) >= 11 is 0. The van der Waals surface area contributed by atoms with Crippen LogP contribution in [0.4, 0.5) is 13.2 Å². The fourth-order valence-electron chi connectivity index (χ4n) is 2.61. The van der Waals surface area contributed by atoms with Crippen LogP contribution in [-0.2, 0) is 27.4 Å².